The van der Waals surface area contributed by atoms with Gasteiger partial charge in [0, 0.05) is 23.8 Å². The summed E-state index contributed by atoms with van der Waals surface area (Å²) in [5.74, 6) is 1.79. The average Bonchev–Trinajstić information content (AvgIpc) is 3.09. The first-order chi connectivity index (χ1) is 14.5. The molecule has 1 aromatic heterocycles. The van der Waals surface area contributed by atoms with E-state index in [0.717, 1.165) is 30.5 Å². The van der Waals surface area contributed by atoms with Gasteiger partial charge in [-0.05, 0) is 75.7 Å². The number of benzene rings is 1. The minimum Gasteiger partial charge on any atom is -0.367 e. The minimum absolute atomic E-state index is 0.444. The summed E-state index contributed by atoms with van der Waals surface area (Å²) in [4.78, 5) is 8.02. The Labute approximate surface area is 182 Å². The highest BCUT2D eigenvalue weighted by molar-refractivity contribution is 5.81. The number of hydrogen-bond acceptors (Lipinski definition) is 4. The van der Waals surface area contributed by atoms with E-state index in [1.54, 1.807) is 0 Å². The van der Waals surface area contributed by atoms with E-state index >= 15 is 0 Å². The van der Waals surface area contributed by atoms with Crippen LogP contribution in [0.4, 0.5) is 0 Å². The molecule has 5 nitrogen and oxygen atoms in total. The van der Waals surface area contributed by atoms with Crippen molar-refractivity contribution in [1.82, 2.24) is 20.1 Å². The molecule has 5 heteroatoms. The van der Waals surface area contributed by atoms with E-state index in [9.17, 15) is 0 Å². The summed E-state index contributed by atoms with van der Waals surface area (Å²) in [5.41, 5.74) is 9.61. The maximum Gasteiger partial charge on any atom is 0.0955 e. The van der Waals surface area contributed by atoms with Gasteiger partial charge in [0.1, 0.15) is 0 Å². The van der Waals surface area contributed by atoms with Gasteiger partial charge in [0.25, 0.3) is 0 Å². The quantitative estimate of drug-likeness (QED) is 0.471. The van der Waals surface area contributed by atoms with Crippen LogP contribution < -0.4 is 11.1 Å². The lowest BCUT2D eigenvalue weighted by Gasteiger charge is -2.39. The van der Waals surface area contributed by atoms with Gasteiger partial charge >= 0.3 is 0 Å². The number of likely N-dealkylation sites (N-methyl/N-ethyl adjacent to an activating group) is 1. The van der Waals surface area contributed by atoms with Crippen molar-refractivity contribution in [3.8, 4) is 0 Å². The second kappa shape index (κ2) is 10.7. The van der Waals surface area contributed by atoms with Crippen LogP contribution in [0.25, 0.3) is 10.9 Å². The molecule has 4 rings (SSSR count). The number of hydrogen-bond donors (Lipinski definition) is 3. The molecule has 0 spiro atoms. The zero-order chi connectivity index (χ0) is 21.5. The molecular formula is C25H39N5. The molecule has 0 bridgehead atoms. The van der Waals surface area contributed by atoms with Gasteiger partial charge in [0.15, 0.2) is 0 Å². The molecule has 1 aliphatic carbocycles. The fourth-order valence-electron chi connectivity index (χ4n) is 4.25. The van der Waals surface area contributed by atoms with Gasteiger partial charge < -0.3 is 25.8 Å². The Bertz CT molecular complexity index is 835. The first-order valence-corrected chi connectivity index (χ1v) is 11.3. The molecule has 1 saturated heterocycles. The van der Waals surface area contributed by atoms with Crippen molar-refractivity contribution in [2.45, 2.75) is 51.6 Å². The van der Waals surface area contributed by atoms with Crippen LogP contribution in [0, 0.1) is 12.8 Å². The number of H-pyrrole nitrogens is 1. The number of rotatable bonds is 7. The van der Waals surface area contributed by atoms with E-state index in [0.29, 0.717) is 12.7 Å². The monoisotopic (exact) mass is 409 g/mol. The number of aryl methyl sites for hydroxylation is 1. The maximum absolute atomic E-state index is 6.00. The minimum atomic E-state index is 0.444. The predicted octanol–water partition coefficient (Wildman–Crippen LogP) is 4.32. The summed E-state index contributed by atoms with van der Waals surface area (Å²) >= 11 is 0. The van der Waals surface area contributed by atoms with Crippen molar-refractivity contribution >= 4 is 10.9 Å². The zero-order valence-electron chi connectivity index (χ0n) is 18.8. The highest BCUT2D eigenvalue weighted by Crippen LogP contribution is 2.26. The Balaban J connectivity index is 0.000000367. The van der Waals surface area contributed by atoms with Gasteiger partial charge in [-0.3, -0.25) is 0 Å². The molecule has 0 amide bonds. The number of nitrogens with zero attached hydrogens (tertiary/aromatic N) is 2. The highest BCUT2D eigenvalue weighted by atomic mass is 15.3. The zero-order valence-corrected chi connectivity index (χ0v) is 18.8. The topological polar surface area (TPSA) is 60.3 Å². The second-order valence-electron chi connectivity index (χ2n) is 8.82. The summed E-state index contributed by atoms with van der Waals surface area (Å²) in [6.07, 6.45) is 8.66. The molecule has 1 saturated carbocycles. The standard InChI is InChI=1S/C19H29N5.C6H10/c1-14-6-7-19-16(9-14)10-17(22-19)11-21-15(2)24(13-20)18-5-4-8-23(3)12-18;1-2-6-4-3-5-6/h6-7,9-10,18,21-22H,2,4-5,8,11-13,20H2,1,3H3;2,6H,1,3-5H2. The Kier molecular flexibility index (Phi) is 8.00. The Hall–Kier alpha value is -2.24. The van der Waals surface area contributed by atoms with Gasteiger partial charge in [-0.2, -0.15) is 0 Å². The van der Waals surface area contributed by atoms with Crippen molar-refractivity contribution in [3.05, 3.63) is 60.6 Å². The summed E-state index contributed by atoms with van der Waals surface area (Å²) in [7, 11) is 2.17. The lowest BCUT2D eigenvalue weighted by Crippen LogP contribution is -2.50. The molecule has 0 radical (unpaired) electrons. The SMILES string of the molecule is C=C(NCc1cc2cc(C)ccc2[nH]1)N(CN)C1CCCN(C)C1.C=CC1CCC1. The molecule has 1 unspecified atom stereocenters. The number of nitrogens with two attached hydrogens (primary N) is 1. The van der Waals surface area contributed by atoms with E-state index < -0.39 is 0 Å². The van der Waals surface area contributed by atoms with Crippen LogP contribution in [0.1, 0.15) is 43.4 Å². The Morgan fingerprint density at radius 2 is 2.10 bits per heavy atom. The number of aromatic nitrogens is 1. The maximum atomic E-state index is 6.00. The van der Waals surface area contributed by atoms with Gasteiger partial charge in [-0.1, -0.05) is 30.7 Å². The van der Waals surface area contributed by atoms with Gasteiger partial charge in [0.05, 0.1) is 19.0 Å². The van der Waals surface area contributed by atoms with E-state index in [1.807, 2.05) is 0 Å². The largest absolute Gasteiger partial charge is 0.367 e. The number of likely N-dealkylation sites (tertiary alicyclic amines) is 1. The second-order valence-corrected chi connectivity index (χ2v) is 8.82. The van der Waals surface area contributed by atoms with Crippen LogP contribution in [0.5, 0.6) is 0 Å². The van der Waals surface area contributed by atoms with Crippen molar-refractivity contribution in [3.63, 3.8) is 0 Å². The van der Waals surface area contributed by atoms with Gasteiger partial charge in [-0.15, -0.1) is 6.58 Å². The molecule has 164 valence electrons. The fourth-order valence-corrected chi connectivity index (χ4v) is 4.25. The number of aromatic amines is 1. The van der Waals surface area contributed by atoms with Crippen LogP contribution in [0.3, 0.4) is 0 Å². The predicted molar refractivity (Wildman–Crippen MR) is 128 cm³/mol. The van der Waals surface area contributed by atoms with Crippen LogP contribution in [-0.2, 0) is 6.54 Å². The van der Waals surface area contributed by atoms with E-state index in [1.165, 1.54) is 55.1 Å². The van der Waals surface area contributed by atoms with Crippen molar-refractivity contribution in [2.24, 2.45) is 11.7 Å². The van der Waals surface area contributed by atoms with Crippen molar-refractivity contribution in [2.75, 3.05) is 26.8 Å². The van der Waals surface area contributed by atoms with Crippen LogP contribution in [0.15, 0.2) is 49.3 Å². The van der Waals surface area contributed by atoms with Crippen molar-refractivity contribution in [1.29, 1.82) is 0 Å². The number of allylic oxidation sites excluding steroid dienone is 1. The molecule has 2 aromatic rings. The molecule has 30 heavy (non-hydrogen) atoms. The smallest absolute Gasteiger partial charge is 0.0955 e. The number of fused-ring (bicyclic) bond motifs is 1. The molecular weight excluding hydrogens is 370 g/mol. The highest BCUT2D eigenvalue weighted by Gasteiger charge is 2.23. The first kappa shape index (κ1) is 22.4. The molecule has 2 aliphatic rings. The van der Waals surface area contributed by atoms with Crippen molar-refractivity contribution < 1.29 is 0 Å². The lowest BCUT2D eigenvalue weighted by molar-refractivity contribution is 0.136. The van der Waals surface area contributed by atoms with Gasteiger partial charge in [0.2, 0.25) is 0 Å². The van der Waals surface area contributed by atoms with E-state index in [4.69, 9.17) is 5.73 Å². The van der Waals surface area contributed by atoms with Crippen LogP contribution in [-0.4, -0.2) is 47.6 Å². The third-order valence-electron chi connectivity index (χ3n) is 6.38. The molecule has 1 atom stereocenters. The third kappa shape index (κ3) is 5.89. The van der Waals surface area contributed by atoms with E-state index in [2.05, 4.69) is 77.6 Å². The lowest BCUT2D eigenvalue weighted by atomic mass is 9.86. The normalized spacial score (nSPS) is 19.5. The summed E-state index contributed by atoms with van der Waals surface area (Å²) in [6.45, 7) is 13.5. The summed E-state index contributed by atoms with van der Waals surface area (Å²) < 4.78 is 0. The van der Waals surface area contributed by atoms with E-state index in [-0.39, 0.29) is 0 Å². The Morgan fingerprint density at radius 1 is 1.30 bits per heavy atom. The molecule has 4 N–H and O–H groups in total. The summed E-state index contributed by atoms with van der Waals surface area (Å²) in [6, 6.07) is 9.11. The van der Waals surface area contributed by atoms with Crippen LogP contribution in [0.2, 0.25) is 0 Å². The molecule has 1 aromatic carbocycles. The molecule has 1 aliphatic heterocycles. The van der Waals surface area contributed by atoms with Crippen LogP contribution >= 0.6 is 0 Å². The molecule has 2 heterocycles. The third-order valence-corrected chi connectivity index (χ3v) is 6.38. The number of piperidine rings is 1. The number of nitrogens with one attached hydrogen (secondary N) is 2. The average molecular weight is 410 g/mol. The molecule has 2 fully saturated rings. The Morgan fingerprint density at radius 3 is 2.70 bits per heavy atom. The fraction of sp³-hybridized carbons (Fsp3) is 0.520. The first-order valence-electron chi connectivity index (χ1n) is 11.3. The van der Waals surface area contributed by atoms with Gasteiger partial charge in [-0.25, -0.2) is 0 Å². The summed E-state index contributed by atoms with van der Waals surface area (Å²) in [5, 5.41) is 4.69.